The van der Waals surface area contributed by atoms with Gasteiger partial charge in [0.25, 0.3) is 5.91 Å². The molecule has 0 unspecified atom stereocenters. The molecule has 0 radical (unpaired) electrons. The van der Waals surface area contributed by atoms with Gasteiger partial charge in [0.2, 0.25) is 0 Å². The predicted octanol–water partition coefficient (Wildman–Crippen LogP) is 7.66. The van der Waals surface area contributed by atoms with Gasteiger partial charge in [-0.3, -0.25) is 9.69 Å². The second-order valence-electron chi connectivity index (χ2n) is 13.4. The zero-order valence-corrected chi connectivity index (χ0v) is 30.1. The fourth-order valence-electron chi connectivity index (χ4n) is 7.34. The summed E-state index contributed by atoms with van der Waals surface area (Å²) in [5.41, 5.74) is 1.36. The van der Waals surface area contributed by atoms with Crippen molar-refractivity contribution in [2.24, 2.45) is 0 Å². The van der Waals surface area contributed by atoms with E-state index in [1.807, 2.05) is 37.3 Å². The number of pyridine rings is 1. The van der Waals surface area contributed by atoms with Crippen LogP contribution in [0.2, 0.25) is 0 Å². The van der Waals surface area contributed by atoms with Crippen LogP contribution in [0.1, 0.15) is 79.5 Å². The third-order valence-electron chi connectivity index (χ3n) is 10.1. The van der Waals surface area contributed by atoms with Crippen molar-refractivity contribution in [3.63, 3.8) is 0 Å². The van der Waals surface area contributed by atoms with Crippen LogP contribution in [-0.4, -0.2) is 73.7 Å². The van der Waals surface area contributed by atoms with E-state index in [1.165, 1.54) is 38.0 Å². The van der Waals surface area contributed by atoms with Gasteiger partial charge in [-0.25, -0.2) is 13.4 Å². The predicted molar refractivity (Wildman–Crippen MR) is 193 cm³/mol. The summed E-state index contributed by atoms with van der Waals surface area (Å²) in [7, 11) is -3.81. The minimum atomic E-state index is -4.60. The first-order valence-electron chi connectivity index (χ1n) is 17.8. The van der Waals surface area contributed by atoms with Crippen molar-refractivity contribution in [1.29, 1.82) is 0 Å². The number of hydrogen-bond donors (Lipinski definition) is 1. The quantitative estimate of drug-likeness (QED) is 0.170. The van der Waals surface area contributed by atoms with Gasteiger partial charge in [0.05, 0.1) is 40.7 Å². The number of halogens is 3. The van der Waals surface area contributed by atoms with E-state index in [4.69, 9.17) is 9.72 Å². The highest BCUT2D eigenvalue weighted by atomic mass is 32.2. The Kier molecular flexibility index (Phi) is 11.0. The number of aromatic nitrogens is 1. The van der Waals surface area contributed by atoms with Gasteiger partial charge in [-0.1, -0.05) is 49.4 Å². The molecule has 2 saturated heterocycles. The van der Waals surface area contributed by atoms with E-state index in [9.17, 15) is 26.4 Å². The molecule has 3 heterocycles. The monoisotopic (exact) mass is 722 g/mol. The second kappa shape index (κ2) is 15.3. The minimum Gasteiger partial charge on any atom is -0.492 e. The van der Waals surface area contributed by atoms with Gasteiger partial charge >= 0.3 is 6.18 Å². The number of ether oxygens (including phenoxy) is 1. The number of carbonyl (C=O) groups excluding carboxylic acids is 1. The van der Waals surface area contributed by atoms with Crippen LogP contribution >= 0.6 is 0 Å². The molecule has 272 valence electrons. The second-order valence-corrected chi connectivity index (χ2v) is 15.6. The molecule has 51 heavy (non-hydrogen) atoms. The Morgan fingerprint density at radius 1 is 0.980 bits per heavy atom. The van der Waals surface area contributed by atoms with Crippen molar-refractivity contribution in [2.75, 3.05) is 38.5 Å². The van der Waals surface area contributed by atoms with Gasteiger partial charge < -0.3 is 15.0 Å². The first-order chi connectivity index (χ1) is 24.4. The zero-order valence-electron chi connectivity index (χ0n) is 29.3. The van der Waals surface area contributed by atoms with E-state index in [2.05, 4.69) is 15.1 Å². The number of alkyl halides is 3. The molecule has 0 saturated carbocycles. The molecule has 0 aliphatic carbocycles. The number of nitrogens with zero attached hydrogens (tertiary/aromatic N) is 3. The maximum Gasteiger partial charge on any atom is 0.416 e. The number of nitrogens with one attached hydrogen (secondary N) is 1. The summed E-state index contributed by atoms with van der Waals surface area (Å²) in [5, 5.41) is 3.39. The van der Waals surface area contributed by atoms with Crippen LogP contribution < -0.4 is 10.1 Å². The number of piperidine rings is 1. The first kappa shape index (κ1) is 36.8. The largest absolute Gasteiger partial charge is 0.492 e. The highest BCUT2D eigenvalue weighted by molar-refractivity contribution is 7.91. The molecule has 12 heteroatoms. The number of amides is 1. The summed E-state index contributed by atoms with van der Waals surface area (Å²) in [6, 6.07) is 17.4. The van der Waals surface area contributed by atoms with Crippen molar-refractivity contribution in [3.8, 4) is 17.0 Å². The average molecular weight is 723 g/mol. The van der Waals surface area contributed by atoms with Crippen molar-refractivity contribution in [2.45, 2.75) is 76.2 Å². The van der Waals surface area contributed by atoms with Gasteiger partial charge in [-0.15, -0.1) is 0 Å². The lowest BCUT2D eigenvalue weighted by molar-refractivity contribution is -0.137. The Bertz CT molecular complexity index is 1970. The number of rotatable bonds is 11. The van der Waals surface area contributed by atoms with Crippen molar-refractivity contribution >= 4 is 26.6 Å². The lowest BCUT2D eigenvalue weighted by Crippen LogP contribution is -2.43. The Morgan fingerprint density at radius 3 is 2.33 bits per heavy atom. The molecule has 8 nitrogen and oxygen atoms in total. The molecule has 1 atom stereocenters. The molecule has 2 aliphatic rings. The highest BCUT2D eigenvalue weighted by Gasteiger charge is 2.33. The fourth-order valence-corrected chi connectivity index (χ4v) is 8.37. The van der Waals surface area contributed by atoms with Gasteiger partial charge in [-0.2, -0.15) is 13.2 Å². The Hall–Kier alpha value is -4.00. The lowest BCUT2D eigenvalue weighted by Gasteiger charge is -2.37. The number of sulfone groups is 1. The summed E-state index contributed by atoms with van der Waals surface area (Å²) in [4.78, 5) is 24.3. The number of hydrogen-bond acceptors (Lipinski definition) is 7. The van der Waals surface area contributed by atoms with Crippen LogP contribution in [0.3, 0.4) is 0 Å². The SMILES string of the molecule is CCOc1cc2nc(-c3cccc(C(F)(F)F)c3)c(CN3CCC(N4CCCC4)CC3)c(C(=O)N[C@@H](C)c3ccccc3)c2cc1S(=O)(=O)CC. The standard InChI is InChI=1S/C39H45F3N4O4S/c1-4-50-34-24-33-31(23-35(34)51(48,49)5-2)36(38(47)43-26(3)27-12-7-6-8-13-27)32(25-45-20-16-30(17-21-45)46-18-9-10-19-46)37(44-33)28-14-11-15-29(22-28)39(40,41)42/h6-8,11-15,22-24,26,30H,4-5,9-10,16-21,25H2,1-3H3,(H,43,47)/t26-/m0/s1. The third-order valence-corrected chi connectivity index (χ3v) is 11.8. The molecule has 0 bridgehead atoms. The van der Waals surface area contributed by atoms with E-state index in [0.29, 0.717) is 17.0 Å². The number of carbonyl (C=O) groups is 1. The molecule has 2 fully saturated rings. The lowest BCUT2D eigenvalue weighted by atomic mass is 9.93. The van der Waals surface area contributed by atoms with Gasteiger partial charge in [0.15, 0.2) is 9.84 Å². The van der Waals surface area contributed by atoms with Crippen LogP contribution in [0.4, 0.5) is 13.2 Å². The minimum absolute atomic E-state index is 0.0597. The van der Waals surface area contributed by atoms with Crippen LogP contribution in [0, 0.1) is 0 Å². The molecule has 0 spiro atoms. The maximum absolute atomic E-state index is 14.7. The summed E-state index contributed by atoms with van der Waals surface area (Å²) >= 11 is 0. The molecule has 6 rings (SSSR count). The van der Waals surface area contributed by atoms with E-state index in [-0.39, 0.29) is 51.9 Å². The van der Waals surface area contributed by atoms with Crippen molar-refractivity contribution in [1.82, 2.24) is 20.1 Å². The van der Waals surface area contributed by atoms with Crippen molar-refractivity contribution in [3.05, 3.63) is 89.0 Å². The van der Waals surface area contributed by atoms with Crippen LogP contribution in [-0.2, 0) is 22.6 Å². The summed E-state index contributed by atoms with van der Waals surface area (Å²) in [6.45, 7) is 9.20. The topological polar surface area (TPSA) is 91.8 Å². The summed E-state index contributed by atoms with van der Waals surface area (Å²) in [5.74, 6) is -0.590. The van der Waals surface area contributed by atoms with E-state index in [0.717, 1.165) is 56.7 Å². The van der Waals surface area contributed by atoms with E-state index < -0.39 is 33.5 Å². The van der Waals surface area contributed by atoms with Gasteiger partial charge in [-0.05, 0) is 89.5 Å². The third kappa shape index (κ3) is 8.08. The van der Waals surface area contributed by atoms with Crippen molar-refractivity contribution < 1.29 is 31.1 Å². The van der Waals surface area contributed by atoms with Crippen LogP contribution in [0.15, 0.2) is 71.6 Å². The molecule has 1 aromatic heterocycles. The molecular formula is C39H45F3N4O4S. The maximum atomic E-state index is 14.7. The van der Waals surface area contributed by atoms with Gasteiger partial charge in [0, 0.05) is 35.2 Å². The van der Waals surface area contributed by atoms with Crippen LogP contribution in [0.25, 0.3) is 22.2 Å². The number of likely N-dealkylation sites (tertiary alicyclic amines) is 2. The number of fused-ring (bicyclic) bond motifs is 1. The Morgan fingerprint density at radius 2 is 1.69 bits per heavy atom. The first-order valence-corrected chi connectivity index (χ1v) is 19.4. The molecular weight excluding hydrogens is 678 g/mol. The molecule has 1 amide bonds. The fraction of sp³-hybridized carbons (Fsp3) is 0.436. The number of benzene rings is 3. The summed E-state index contributed by atoms with van der Waals surface area (Å²) < 4.78 is 74.8. The van der Waals surface area contributed by atoms with Crippen LogP contribution in [0.5, 0.6) is 5.75 Å². The van der Waals surface area contributed by atoms with Gasteiger partial charge in [0.1, 0.15) is 10.6 Å². The molecule has 3 aromatic carbocycles. The average Bonchev–Trinajstić information content (AvgIpc) is 3.67. The highest BCUT2D eigenvalue weighted by Crippen LogP contribution is 2.39. The Balaban J connectivity index is 1.56. The van der Waals surface area contributed by atoms with E-state index in [1.54, 1.807) is 13.0 Å². The Labute approximate surface area is 297 Å². The smallest absolute Gasteiger partial charge is 0.416 e. The molecule has 2 aliphatic heterocycles. The zero-order chi connectivity index (χ0) is 36.3. The molecule has 1 N–H and O–H groups in total. The molecule has 4 aromatic rings. The normalized spacial score (nSPS) is 17.1. The van der Waals surface area contributed by atoms with E-state index >= 15 is 0 Å². The summed E-state index contributed by atoms with van der Waals surface area (Å²) in [6.07, 6.45) is -0.332.